The smallest absolute Gasteiger partial charge is 0.107 e. The molecule has 1 heterocycles. The van der Waals surface area contributed by atoms with Crippen LogP contribution in [-0.4, -0.2) is 54.6 Å². The minimum atomic E-state index is -0.551. The van der Waals surface area contributed by atoms with Crippen molar-refractivity contribution in [3.63, 3.8) is 0 Å². The quantitative estimate of drug-likeness (QED) is 0.852. The molecule has 4 nitrogen and oxygen atoms in total. The van der Waals surface area contributed by atoms with Crippen LogP contribution in [0.2, 0.25) is 0 Å². The fourth-order valence-corrected chi connectivity index (χ4v) is 3.95. The second-order valence-electron chi connectivity index (χ2n) is 6.74. The summed E-state index contributed by atoms with van der Waals surface area (Å²) in [5.74, 6) is 0.394. The largest absolute Gasteiger partial charge is 0.313 e. The first-order valence-corrected chi connectivity index (χ1v) is 8.21. The first-order chi connectivity index (χ1) is 9.59. The zero-order valence-corrected chi connectivity index (χ0v) is 13.1. The van der Waals surface area contributed by atoms with Crippen LogP contribution in [0.15, 0.2) is 0 Å². The monoisotopic (exact) mass is 278 g/mol. The van der Waals surface area contributed by atoms with Gasteiger partial charge in [0.05, 0.1) is 6.07 Å². The molecule has 2 fully saturated rings. The molecule has 2 N–H and O–H groups in total. The van der Waals surface area contributed by atoms with Gasteiger partial charge in [0.2, 0.25) is 0 Å². The van der Waals surface area contributed by atoms with E-state index in [0.717, 1.165) is 32.2 Å². The molecule has 20 heavy (non-hydrogen) atoms. The summed E-state index contributed by atoms with van der Waals surface area (Å²) in [5.41, 5.74) is 5.70. The van der Waals surface area contributed by atoms with E-state index in [4.69, 9.17) is 5.73 Å². The fraction of sp³-hybridized carbons (Fsp3) is 0.938. The Morgan fingerprint density at radius 1 is 1.35 bits per heavy atom. The van der Waals surface area contributed by atoms with Crippen LogP contribution >= 0.6 is 0 Å². The lowest BCUT2D eigenvalue weighted by atomic mass is 9.87. The Bertz CT molecular complexity index is 351. The van der Waals surface area contributed by atoms with E-state index in [2.05, 4.69) is 29.8 Å². The van der Waals surface area contributed by atoms with E-state index < -0.39 is 5.54 Å². The van der Waals surface area contributed by atoms with E-state index in [9.17, 15) is 5.26 Å². The molecule has 0 radical (unpaired) electrons. The Morgan fingerprint density at radius 2 is 2.15 bits per heavy atom. The number of nitriles is 1. The van der Waals surface area contributed by atoms with Crippen LogP contribution in [0.25, 0.3) is 0 Å². The summed E-state index contributed by atoms with van der Waals surface area (Å²) in [7, 11) is 2.23. The molecule has 0 aromatic carbocycles. The average Bonchev–Trinajstić information content (AvgIpc) is 2.71. The third kappa shape index (κ3) is 3.52. The molecular weight excluding hydrogens is 248 g/mol. The number of rotatable bonds is 4. The molecule has 0 aromatic heterocycles. The Balaban J connectivity index is 1.90. The molecule has 1 saturated carbocycles. The number of hydrogen-bond donors (Lipinski definition) is 1. The zero-order valence-electron chi connectivity index (χ0n) is 13.1. The van der Waals surface area contributed by atoms with E-state index in [0.29, 0.717) is 12.0 Å². The Morgan fingerprint density at radius 3 is 2.85 bits per heavy atom. The molecule has 114 valence electrons. The lowest BCUT2D eigenvalue weighted by Gasteiger charge is -2.32. The summed E-state index contributed by atoms with van der Waals surface area (Å²) in [6, 6.07) is 3.04. The van der Waals surface area contributed by atoms with Gasteiger partial charge in [-0.15, -0.1) is 0 Å². The summed E-state index contributed by atoms with van der Waals surface area (Å²) in [6.45, 7) is 6.97. The topological polar surface area (TPSA) is 56.3 Å². The van der Waals surface area contributed by atoms with Gasteiger partial charge >= 0.3 is 0 Å². The summed E-state index contributed by atoms with van der Waals surface area (Å²) >= 11 is 0. The van der Waals surface area contributed by atoms with Crippen molar-refractivity contribution in [1.82, 2.24) is 9.80 Å². The molecule has 1 saturated heterocycles. The van der Waals surface area contributed by atoms with E-state index in [1.165, 1.54) is 32.5 Å². The molecule has 1 aliphatic heterocycles. The highest BCUT2D eigenvalue weighted by Crippen LogP contribution is 2.35. The van der Waals surface area contributed by atoms with Gasteiger partial charge in [0.15, 0.2) is 0 Å². The van der Waals surface area contributed by atoms with Gasteiger partial charge in [0.25, 0.3) is 0 Å². The second-order valence-corrected chi connectivity index (χ2v) is 6.74. The van der Waals surface area contributed by atoms with Crippen molar-refractivity contribution in [3.05, 3.63) is 0 Å². The van der Waals surface area contributed by atoms with Gasteiger partial charge < -0.3 is 10.6 Å². The predicted octanol–water partition coefficient (Wildman–Crippen LogP) is 1.81. The highest BCUT2D eigenvalue weighted by Gasteiger charge is 2.39. The van der Waals surface area contributed by atoms with Gasteiger partial charge in [0, 0.05) is 12.6 Å². The summed E-state index contributed by atoms with van der Waals surface area (Å²) in [5, 5.41) is 9.32. The standard InChI is InChI=1S/C16H30N4/c1-3-15-12-19(2)9-5-10-20(15)11-7-14-6-4-8-16(14,18)13-17/h14-15H,3-12,18H2,1-2H3. The third-order valence-electron chi connectivity index (χ3n) is 5.34. The summed E-state index contributed by atoms with van der Waals surface area (Å²) < 4.78 is 0. The fourth-order valence-electron chi connectivity index (χ4n) is 3.95. The molecule has 3 unspecified atom stereocenters. The van der Waals surface area contributed by atoms with Crippen molar-refractivity contribution < 1.29 is 0 Å². The van der Waals surface area contributed by atoms with Crippen LogP contribution in [0.3, 0.4) is 0 Å². The number of hydrogen-bond acceptors (Lipinski definition) is 4. The Hall–Kier alpha value is -0.630. The van der Waals surface area contributed by atoms with Gasteiger partial charge in [-0.1, -0.05) is 13.3 Å². The highest BCUT2D eigenvalue weighted by atomic mass is 15.2. The van der Waals surface area contributed by atoms with Gasteiger partial charge in [-0.2, -0.15) is 5.26 Å². The number of likely N-dealkylation sites (N-methyl/N-ethyl adjacent to an activating group) is 1. The van der Waals surface area contributed by atoms with Crippen LogP contribution in [0, 0.1) is 17.2 Å². The van der Waals surface area contributed by atoms with Crippen molar-refractivity contribution >= 4 is 0 Å². The van der Waals surface area contributed by atoms with Gasteiger partial charge in [0.1, 0.15) is 5.54 Å². The third-order valence-corrected chi connectivity index (χ3v) is 5.34. The van der Waals surface area contributed by atoms with Crippen molar-refractivity contribution in [1.29, 1.82) is 5.26 Å². The van der Waals surface area contributed by atoms with Gasteiger partial charge in [-0.25, -0.2) is 0 Å². The lowest BCUT2D eigenvalue weighted by molar-refractivity contribution is 0.167. The number of nitrogens with two attached hydrogens (primary N) is 1. The average molecular weight is 278 g/mol. The second kappa shape index (κ2) is 6.89. The minimum Gasteiger partial charge on any atom is -0.313 e. The number of nitrogens with zero attached hydrogens (tertiary/aromatic N) is 3. The maximum atomic E-state index is 9.32. The molecule has 3 atom stereocenters. The van der Waals surface area contributed by atoms with Crippen LogP contribution in [0.4, 0.5) is 0 Å². The highest BCUT2D eigenvalue weighted by molar-refractivity contribution is 5.12. The SMILES string of the molecule is CCC1CN(C)CCCN1CCC1CCCC1(N)C#N. The normalized spacial score (nSPS) is 36.7. The molecule has 2 rings (SSSR count). The van der Waals surface area contributed by atoms with Crippen molar-refractivity contribution in [2.45, 2.75) is 57.0 Å². The molecule has 0 amide bonds. The van der Waals surface area contributed by atoms with E-state index in [-0.39, 0.29) is 0 Å². The first-order valence-electron chi connectivity index (χ1n) is 8.21. The van der Waals surface area contributed by atoms with Crippen molar-refractivity contribution in [2.75, 3.05) is 33.2 Å². The maximum Gasteiger partial charge on any atom is 0.107 e. The zero-order chi connectivity index (χ0) is 14.6. The van der Waals surface area contributed by atoms with E-state index in [1.807, 2.05) is 0 Å². The van der Waals surface area contributed by atoms with Gasteiger partial charge in [-0.3, -0.25) is 4.90 Å². The van der Waals surface area contributed by atoms with E-state index >= 15 is 0 Å². The van der Waals surface area contributed by atoms with Crippen molar-refractivity contribution in [2.24, 2.45) is 11.7 Å². The molecule has 1 aliphatic carbocycles. The van der Waals surface area contributed by atoms with Crippen molar-refractivity contribution in [3.8, 4) is 6.07 Å². The summed E-state index contributed by atoms with van der Waals surface area (Å²) in [4.78, 5) is 5.09. The van der Waals surface area contributed by atoms with Crippen LogP contribution in [-0.2, 0) is 0 Å². The first kappa shape index (κ1) is 15.8. The molecule has 0 bridgehead atoms. The predicted molar refractivity (Wildman–Crippen MR) is 82.3 cm³/mol. The van der Waals surface area contributed by atoms with Gasteiger partial charge in [-0.05, 0) is 64.7 Å². The van der Waals surface area contributed by atoms with Crippen LogP contribution in [0.1, 0.15) is 45.4 Å². The molecule has 4 heteroatoms. The molecule has 2 aliphatic rings. The lowest BCUT2D eigenvalue weighted by Crippen LogP contribution is -2.45. The Kier molecular flexibility index (Phi) is 5.42. The molecule has 0 spiro atoms. The van der Waals surface area contributed by atoms with E-state index in [1.54, 1.807) is 0 Å². The Labute approximate surface area is 123 Å². The van der Waals surface area contributed by atoms with Crippen LogP contribution in [0.5, 0.6) is 0 Å². The van der Waals surface area contributed by atoms with Crippen LogP contribution < -0.4 is 5.73 Å². The molecule has 0 aromatic rings. The minimum absolute atomic E-state index is 0.394. The summed E-state index contributed by atoms with van der Waals surface area (Å²) in [6.07, 6.45) is 6.69. The molecular formula is C16H30N4. The maximum absolute atomic E-state index is 9.32.